The second kappa shape index (κ2) is 7.82. The summed E-state index contributed by atoms with van der Waals surface area (Å²) in [6, 6.07) is 4.77. The van der Waals surface area contributed by atoms with Gasteiger partial charge in [0, 0.05) is 14.1 Å². The summed E-state index contributed by atoms with van der Waals surface area (Å²) in [7, 11) is 1.99. The Morgan fingerprint density at radius 3 is 2.23 bits per heavy atom. The summed E-state index contributed by atoms with van der Waals surface area (Å²) >= 11 is 0. The molecule has 140 valence electrons. The molecule has 12 heteroatoms. The Balaban J connectivity index is 2.17. The standard InChI is InChI=1S/C14H18N6O5S/c1-20(2)9-6-5-7-12(15-9)26(22,23)19-14(21)18-13-16-10(24-3)8-11(17-13)25-4/h5-8H,1-4H3,(H2,16,17,18,19,21). The molecule has 0 aliphatic rings. The van der Waals surface area contributed by atoms with Gasteiger partial charge in [0.1, 0.15) is 5.82 Å². The van der Waals surface area contributed by atoms with Crippen molar-refractivity contribution in [1.29, 1.82) is 0 Å². The molecule has 0 aromatic carbocycles. The van der Waals surface area contributed by atoms with E-state index in [1.807, 2.05) is 4.72 Å². The zero-order valence-corrected chi connectivity index (χ0v) is 15.4. The van der Waals surface area contributed by atoms with E-state index in [1.165, 1.54) is 32.4 Å². The SMILES string of the molecule is COc1cc(OC)nc(NC(=O)NS(=O)(=O)c2cccc(N(C)C)n2)n1. The lowest BCUT2D eigenvalue weighted by Gasteiger charge is -2.13. The number of rotatable bonds is 6. The maximum atomic E-state index is 12.3. The van der Waals surface area contributed by atoms with Crippen LogP contribution < -0.4 is 24.4 Å². The van der Waals surface area contributed by atoms with Gasteiger partial charge in [0.05, 0.1) is 20.3 Å². The number of urea groups is 1. The predicted molar refractivity (Wildman–Crippen MR) is 93.0 cm³/mol. The van der Waals surface area contributed by atoms with Crippen LogP contribution in [0, 0.1) is 0 Å². The highest BCUT2D eigenvalue weighted by Crippen LogP contribution is 2.17. The van der Waals surface area contributed by atoms with Gasteiger partial charge in [0.25, 0.3) is 10.0 Å². The Kier molecular flexibility index (Phi) is 5.77. The lowest BCUT2D eigenvalue weighted by atomic mass is 10.4. The van der Waals surface area contributed by atoms with E-state index in [4.69, 9.17) is 9.47 Å². The molecular weight excluding hydrogens is 364 g/mol. The van der Waals surface area contributed by atoms with Crippen LogP contribution in [0.4, 0.5) is 16.6 Å². The average molecular weight is 382 g/mol. The van der Waals surface area contributed by atoms with Crippen molar-refractivity contribution in [3.8, 4) is 11.8 Å². The summed E-state index contributed by atoms with van der Waals surface area (Å²) in [5.41, 5.74) is 0. The summed E-state index contributed by atoms with van der Waals surface area (Å²) < 4.78 is 36.4. The molecule has 2 rings (SSSR count). The van der Waals surface area contributed by atoms with Gasteiger partial charge >= 0.3 is 6.03 Å². The predicted octanol–water partition coefficient (Wildman–Crippen LogP) is 0.465. The maximum absolute atomic E-state index is 12.3. The second-order valence-corrected chi connectivity index (χ2v) is 6.69. The van der Waals surface area contributed by atoms with Crippen LogP contribution in [0.15, 0.2) is 29.3 Å². The van der Waals surface area contributed by atoms with Crippen LogP contribution in [0.25, 0.3) is 0 Å². The Morgan fingerprint density at radius 1 is 1.08 bits per heavy atom. The van der Waals surface area contributed by atoms with Crippen molar-refractivity contribution in [3.05, 3.63) is 24.3 Å². The van der Waals surface area contributed by atoms with Crippen molar-refractivity contribution in [1.82, 2.24) is 19.7 Å². The minimum absolute atomic E-state index is 0.135. The number of methoxy groups -OCH3 is 2. The van der Waals surface area contributed by atoms with Gasteiger partial charge in [-0.05, 0) is 12.1 Å². The lowest BCUT2D eigenvalue weighted by molar-refractivity contribution is 0.256. The molecule has 0 bridgehead atoms. The highest BCUT2D eigenvalue weighted by Gasteiger charge is 2.21. The number of carbonyl (C=O) groups is 1. The smallest absolute Gasteiger partial charge is 0.335 e. The largest absolute Gasteiger partial charge is 0.481 e. The van der Waals surface area contributed by atoms with Crippen molar-refractivity contribution < 1.29 is 22.7 Å². The molecule has 2 heterocycles. The van der Waals surface area contributed by atoms with Gasteiger partial charge in [-0.15, -0.1) is 0 Å². The molecule has 0 fully saturated rings. The van der Waals surface area contributed by atoms with Gasteiger partial charge in [-0.1, -0.05) is 6.07 Å². The minimum Gasteiger partial charge on any atom is -0.481 e. The molecule has 0 atom stereocenters. The van der Waals surface area contributed by atoms with Crippen molar-refractivity contribution in [2.75, 3.05) is 38.5 Å². The van der Waals surface area contributed by atoms with Gasteiger partial charge in [0.2, 0.25) is 17.7 Å². The highest BCUT2D eigenvalue weighted by molar-refractivity contribution is 7.90. The molecule has 2 N–H and O–H groups in total. The van der Waals surface area contributed by atoms with Gasteiger partial charge < -0.3 is 14.4 Å². The number of anilines is 2. The quantitative estimate of drug-likeness (QED) is 0.730. The topological polar surface area (TPSA) is 136 Å². The van der Waals surface area contributed by atoms with Crippen molar-refractivity contribution in [2.24, 2.45) is 0 Å². The van der Waals surface area contributed by atoms with E-state index in [1.54, 1.807) is 25.1 Å². The lowest BCUT2D eigenvalue weighted by Crippen LogP contribution is -2.35. The molecule has 2 aromatic rings. The molecule has 11 nitrogen and oxygen atoms in total. The molecule has 0 aliphatic heterocycles. The fraction of sp³-hybridized carbons (Fsp3) is 0.286. The number of ether oxygens (including phenoxy) is 2. The van der Waals surface area contributed by atoms with E-state index in [-0.39, 0.29) is 22.7 Å². The van der Waals surface area contributed by atoms with Gasteiger partial charge in [-0.3, -0.25) is 5.32 Å². The number of sulfonamides is 1. The third-order valence-corrected chi connectivity index (χ3v) is 4.22. The number of nitrogens with one attached hydrogen (secondary N) is 2. The summed E-state index contributed by atoms with van der Waals surface area (Å²) in [5.74, 6) is 0.503. The summed E-state index contributed by atoms with van der Waals surface area (Å²) in [6.07, 6.45) is 0. The fourth-order valence-corrected chi connectivity index (χ4v) is 2.64. The molecule has 0 saturated heterocycles. The van der Waals surface area contributed by atoms with Crippen LogP contribution in [-0.4, -0.2) is 57.7 Å². The Bertz CT molecular complexity index is 880. The Morgan fingerprint density at radius 2 is 1.69 bits per heavy atom. The Labute approximate surface area is 150 Å². The van der Waals surface area contributed by atoms with Crippen LogP contribution >= 0.6 is 0 Å². The Hall–Kier alpha value is -3.15. The monoisotopic (exact) mass is 382 g/mol. The van der Waals surface area contributed by atoms with E-state index in [2.05, 4.69) is 20.3 Å². The average Bonchev–Trinajstić information content (AvgIpc) is 2.60. The molecule has 0 spiro atoms. The maximum Gasteiger partial charge on any atom is 0.335 e. The first-order chi connectivity index (χ1) is 12.2. The number of hydrogen-bond acceptors (Lipinski definition) is 9. The molecule has 0 aliphatic carbocycles. The highest BCUT2D eigenvalue weighted by atomic mass is 32.2. The number of pyridine rings is 1. The van der Waals surface area contributed by atoms with E-state index >= 15 is 0 Å². The zero-order chi connectivity index (χ0) is 19.3. The third-order valence-electron chi connectivity index (χ3n) is 2.99. The summed E-state index contributed by atoms with van der Waals surface area (Å²) in [5, 5.41) is 1.90. The van der Waals surface area contributed by atoms with Gasteiger partial charge in [-0.2, -0.15) is 18.4 Å². The van der Waals surface area contributed by atoms with E-state index in [0.29, 0.717) is 5.82 Å². The minimum atomic E-state index is -4.18. The summed E-state index contributed by atoms with van der Waals surface area (Å²) in [4.78, 5) is 25.4. The number of carbonyl (C=O) groups excluding carboxylic acids is 1. The number of hydrogen-bond donors (Lipinski definition) is 2. The van der Waals surface area contributed by atoms with Crippen LogP contribution in [0.3, 0.4) is 0 Å². The van der Waals surface area contributed by atoms with Crippen molar-refractivity contribution in [3.63, 3.8) is 0 Å². The third kappa shape index (κ3) is 4.69. The van der Waals surface area contributed by atoms with E-state index in [9.17, 15) is 13.2 Å². The molecule has 0 radical (unpaired) electrons. The molecule has 2 aromatic heterocycles. The molecular formula is C14H18N6O5S. The molecule has 0 saturated carbocycles. The second-order valence-electron chi connectivity index (χ2n) is 5.06. The first-order valence-electron chi connectivity index (χ1n) is 7.20. The van der Waals surface area contributed by atoms with Gasteiger partial charge in [-0.25, -0.2) is 14.5 Å². The fourth-order valence-electron chi connectivity index (χ4n) is 1.77. The van der Waals surface area contributed by atoms with Crippen LogP contribution in [0.5, 0.6) is 11.8 Å². The van der Waals surface area contributed by atoms with Gasteiger partial charge in [0.15, 0.2) is 5.03 Å². The summed E-state index contributed by atoms with van der Waals surface area (Å²) in [6.45, 7) is 0. The first-order valence-corrected chi connectivity index (χ1v) is 8.68. The van der Waals surface area contributed by atoms with E-state index in [0.717, 1.165) is 0 Å². The van der Waals surface area contributed by atoms with Crippen LogP contribution in [-0.2, 0) is 10.0 Å². The molecule has 26 heavy (non-hydrogen) atoms. The van der Waals surface area contributed by atoms with Crippen molar-refractivity contribution >= 4 is 27.8 Å². The first kappa shape index (κ1) is 19.2. The number of amides is 2. The number of nitrogens with zero attached hydrogens (tertiary/aromatic N) is 4. The normalized spacial score (nSPS) is 10.8. The van der Waals surface area contributed by atoms with E-state index < -0.39 is 16.1 Å². The van der Waals surface area contributed by atoms with Crippen LogP contribution in [0.2, 0.25) is 0 Å². The number of aromatic nitrogens is 3. The van der Waals surface area contributed by atoms with Crippen LogP contribution in [0.1, 0.15) is 0 Å². The zero-order valence-electron chi connectivity index (χ0n) is 14.5. The molecule has 0 unspecified atom stereocenters. The molecule has 2 amide bonds. The van der Waals surface area contributed by atoms with Crippen molar-refractivity contribution in [2.45, 2.75) is 5.03 Å².